The number of amides is 1. The van der Waals surface area contributed by atoms with Gasteiger partial charge < -0.3 is 14.8 Å². The molecule has 8 heteroatoms. The molecule has 4 rings (SSSR count). The quantitative estimate of drug-likeness (QED) is 0.747. The highest BCUT2D eigenvalue weighted by Crippen LogP contribution is 2.38. The minimum Gasteiger partial charge on any atom is -0.492 e. The van der Waals surface area contributed by atoms with Gasteiger partial charge in [-0.15, -0.1) is 5.10 Å². The Bertz CT molecular complexity index is 971. The summed E-state index contributed by atoms with van der Waals surface area (Å²) in [6.07, 6.45) is 2.43. The van der Waals surface area contributed by atoms with Crippen LogP contribution >= 0.6 is 0 Å². The molecular formula is C19H19N5O3. The first-order chi connectivity index (χ1) is 13.1. The number of tetrazole rings is 1. The summed E-state index contributed by atoms with van der Waals surface area (Å²) in [6.45, 7) is 4.43. The standard InChI is InChI=1S/C19H19N5O3/c1-3-26-18-9-14-7-12(2)27-17(14)10-16(18)21-19(25)13-5-4-6-15(8-13)24-11-20-22-23-24/h4-6,8-12H,3,7H2,1-2H3,(H,21,25). The SMILES string of the molecule is CCOc1cc2c(cc1NC(=O)c1cccc(-n3cnnn3)c1)OC(C)C2. The number of hydrogen-bond acceptors (Lipinski definition) is 6. The Labute approximate surface area is 156 Å². The van der Waals surface area contributed by atoms with E-state index >= 15 is 0 Å². The lowest BCUT2D eigenvalue weighted by Gasteiger charge is -2.14. The van der Waals surface area contributed by atoms with Crippen molar-refractivity contribution in [1.29, 1.82) is 0 Å². The maximum atomic E-state index is 12.8. The zero-order valence-corrected chi connectivity index (χ0v) is 15.0. The van der Waals surface area contributed by atoms with Crippen LogP contribution in [0.25, 0.3) is 5.69 Å². The van der Waals surface area contributed by atoms with Gasteiger partial charge >= 0.3 is 0 Å². The van der Waals surface area contributed by atoms with E-state index in [4.69, 9.17) is 9.47 Å². The van der Waals surface area contributed by atoms with Crippen molar-refractivity contribution in [3.05, 3.63) is 53.9 Å². The van der Waals surface area contributed by atoms with Crippen LogP contribution in [0.5, 0.6) is 11.5 Å². The van der Waals surface area contributed by atoms with E-state index in [-0.39, 0.29) is 12.0 Å². The molecule has 1 N–H and O–H groups in total. The molecule has 2 aromatic carbocycles. The first-order valence-electron chi connectivity index (χ1n) is 8.75. The maximum Gasteiger partial charge on any atom is 0.255 e. The van der Waals surface area contributed by atoms with Gasteiger partial charge in [-0.2, -0.15) is 0 Å². The van der Waals surface area contributed by atoms with Gasteiger partial charge in [0.2, 0.25) is 0 Å². The fourth-order valence-electron chi connectivity index (χ4n) is 3.08. The Morgan fingerprint density at radius 2 is 2.26 bits per heavy atom. The van der Waals surface area contributed by atoms with Crippen LogP contribution in [0.2, 0.25) is 0 Å². The summed E-state index contributed by atoms with van der Waals surface area (Å²) in [6, 6.07) is 10.8. The summed E-state index contributed by atoms with van der Waals surface area (Å²) >= 11 is 0. The second-order valence-corrected chi connectivity index (χ2v) is 6.28. The number of carbonyl (C=O) groups is 1. The summed E-state index contributed by atoms with van der Waals surface area (Å²) in [5, 5.41) is 14.0. The van der Waals surface area contributed by atoms with E-state index < -0.39 is 0 Å². The highest BCUT2D eigenvalue weighted by molar-refractivity contribution is 6.05. The third-order valence-corrected chi connectivity index (χ3v) is 4.27. The van der Waals surface area contributed by atoms with Crippen LogP contribution in [0, 0.1) is 0 Å². The minimum absolute atomic E-state index is 0.119. The molecule has 0 aliphatic carbocycles. The molecule has 1 unspecified atom stereocenters. The lowest BCUT2D eigenvalue weighted by atomic mass is 10.1. The zero-order chi connectivity index (χ0) is 18.8. The van der Waals surface area contributed by atoms with Gasteiger partial charge in [0.15, 0.2) is 0 Å². The van der Waals surface area contributed by atoms with Crippen LogP contribution in [-0.2, 0) is 6.42 Å². The molecule has 0 spiro atoms. The number of hydrogen-bond donors (Lipinski definition) is 1. The molecule has 1 aliphatic rings. The monoisotopic (exact) mass is 365 g/mol. The van der Waals surface area contributed by atoms with Gasteiger partial charge in [0.05, 0.1) is 18.0 Å². The number of nitrogens with one attached hydrogen (secondary N) is 1. The topological polar surface area (TPSA) is 91.2 Å². The van der Waals surface area contributed by atoms with Crippen molar-refractivity contribution < 1.29 is 14.3 Å². The van der Waals surface area contributed by atoms with Crippen molar-refractivity contribution in [3.8, 4) is 17.2 Å². The number of ether oxygens (including phenoxy) is 2. The van der Waals surface area contributed by atoms with E-state index in [1.54, 1.807) is 18.2 Å². The van der Waals surface area contributed by atoms with Crippen LogP contribution in [0.3, 0.4) is 0 Å². The maximum absolute atomic E-state index is 12.8. The van der Waals surface area contributed by atoms with Crippen molar-refractivity contribution >= 4 is 11.6 Å². The molecule has 138 valence electrons. The van der Waals surface area contributed by atoms with Crippen LogP contribution in [0.15, 0.2) is 42.7 Å². The van der Waals surface area contributed by atoms with Gasteiger partial charge in [0.25, 0.3) is 5.91 Å². The van der Waals surface area contributed by atoms with Crippen molar-refractivity contribution in [3.63, 3.8) is 0 Å². The van der Waals surface area contributed by atoms with Crippen molar-refractivity contribution in [1.82, 2.24) is 20.2 Å². The van der Waals surface area contributed by atoms with Crippen molar-refractivity contribution in [2.45, 2.75) is 26.4 Å². The molecule has 1 amide bonds. The minimum atomic E-state index is -0.253. The van der Waals surface area contributed by atoms with Crippen LogP contribution in [0.4, 0.5) is 5.69 Å². The predicted octanol–water partition coefficient (Wildman–Crippen LogP) is 2.64. The summed E-state index contributed by atoms with van der Waals surface area (Å²) in [5.74, 6) is 1.17. The number of benzene rings is 2. The van der Waals surface area contributed by atoms with Gasteiger partial charge in [0.1, 0.15) is 23.9 Å². The zero-order valence-electron chi connectivity index (χ0n) is 15.0. The molecule has 0 fully saturated rings. The third-order valence-electron chi connectivity index (χ3n) is 4.27. The summed E-state index contributed by atoms with van der Waals surface area (Å²) < 4.78 is 13.0. The normalized spacial score (nSPS) is 15.1. The molecule has 0 saturated carbocycles. The summed E-state index contributed by atoms with van der Waals surface area (Å²) in [4.78, 5) is 12.8. The van der Waals surface area contributed by atoms with E-state index in [1.165, 1.54) is 11.0 Å². The molecule has 27 heavy (non-hydrogen) atoms. The van der Waals surface area contributed by atoms with Gasteiger partial charge in [-0.05, 0) is 48.5 Å². The fourth-order valence-corrected chi connectivity index (χ4v) is 3.08. The second-order valence-electron chi connectivity index (χ2n) is 6.28. The highest BCUT2D eigenvalue weighted by atomic mass is 16.5. The number of anilines is 1. The van der Waals surface area contributed by atoms with Crippen LogP contribution < -0.4 is 14.8 Å². The first-order valence-corrected chi connectivity index (χ1v) is 8.75. The average Bonchev–Trinajstić information content (AvgIpc) is 3.31. The molecule has 3 aromatic rings. The lowest BCUT2D eigenvalue weighted by molar-refractivity contribution is 0.102. The Hall–Kier alpha value is -3.42. The van der Waals surface area contributed by atoms with Crippen LogP contribution in [0.1, 0.15) is 29.8 Å². The highest BCUT2D eigenvalue weighted by Gasteiger charge is 2.23. The Morgan fingerprint density at radius 1 is 1.37 bits per heavy atom. The van der Waals surface area contributed by atoms with Gasteiger partial charge in [-0.25, -0.2) is 4.68 Å². The van der Waals surface area contributed by atoms with E-state index in [2.05, 4.69) is 20.8 Å². The molecule has 2 heterocycles. The smallest absolute Gasteiger partial charge is 0.255 e. The second kappa shape index (κ2) is 7.06. The number of carbonyl (C=O) groups excluding carboxylic acids is 1. The van der Waals surface area contributed by atoms with E-state index in [0.29, 0.717) is 29.3 Å². The fraction of sp³-hybridized carbons (Fsp3) is 0.263. The summed E-state index contributed by atoms with van der Waals surface area (Å²) in [5.41, 5.74) is 2.86. The average molecular weight is 365 g/mol. The Morgan fingerprint density at radius 3 is 3.04 bits per heavy atom. The number of nitrogens with zero attached hydrogens (tertiary/aromatic N) is 4. The number of fused-ring (bicyclic) bond motifs is 1. The van der Waals surface area contributed by atoms with Gasteiger partial charge in [-0.1, -0.05) is 6.07 Å². The molecule has 1 atom stereocenters. The number of aromatic nitrogens is 4. The Balaban J connectivity index is 1.61. The molecule has 0 radical (unpaired) electrons. The van der Waals surface area contributed by atoms with Gasteiger partial charge in [0, 0.05) is 23.6 Å². The molecule has 1 aliphatic heterocycles. The lowest BCUT2D eigenvalue weighted by Crippen LogP contribution is -2.13. The Kier molecular flexibility index (Phi) is 4.45. The largest absolute Gasteiger partial charge is 0.492 e. The van der Waals surface area contributed by atoms with Gasteiger partial charge in [-0.3, -0.25) is 4.79 Å². The van der Waals surface area contributed by atoms with E-state index in [1.807, 2.05) is 32.0 Å². The van der Waals surface area contributed by atoms with E-state index in [0.717, 1.165) is 17.7 Å². The molecule has 1 aromatic heterocycles. The molecule has 0 saturated heterocycles. The third kappa shape index (κ3) is 3.46. The summed E-state index contributed by atoms with van der Waals surface area (Å²) in [7, 11) is 0. The molecule has 8 nitrogen and oxygen atoms in total. The number of rotatable bonds is 5. The molecular weight excluding hydrogens is 346 g/mol. The molecule has 0 bridgehead atoms. The van der Waals surface area contributed by atoms with Crippen molar-refractivity contribution in [2.24, 2.45) is 0 Å². The van der Waals surface area contributed by atoms with Crippen molar-refractivity contribution in [2.75, 3.05) is 11.9 Å². The predicted molar refractivity (Wildman–Crippen MR) is 98.5 cm³/mol. The van der Waals surface area contributed by atoms with E-state index in [9.17, 15) is 4.79 Å². The first kappa shape index (κ1) is 17.0. The van der Waals surface area contributed by atoms with Crippen LogP contribution in [-0.4, -0.2) is 38.8 Å².